The molecular formula is C18H17N5O3. The van der Waals surface area contributed by atoms with Gasteiger partial charge in [0.15, 0.2) is 0 Å². The number of hydrogen-bond donors (Lipinski definition) is 2. The van der Waals surface area contributed by atoms with Crippen molar-refractivity contribution in [2.45, 2.75) is 12.5 Å². The summed E-state index contributed by atoms with van der Waals surface area (Å²) in [7, 11) is 0. The average molecular weight is 351 g/mol. The number of aliphatic imine (C=N–C) groups is 1. The van der Waals surface area contributed by atoms with Gasteiger partial charge in [-0.2, -0.15) is 5.26 Å². The fraction of sp³-hybridized carbons (Fsp3) is 0.222. The van der Waals surface area contributed by atoms with Crippen molar-refractivity contribution in [2.75, 3.05) is 18.5 Å². The first-order valence-corrected chi connectivity index (χ1v) is 7.86. The second-order valence-electron chi connectivity index (χ2n) is 5.96. The Bertz CT molecular complexity index is 888. The van der Waals surface area contributed by atoms with Crippen LogP contribution in [-0.2, 0) is 10.3 Å². The molecule has 0 fully saturated rings. The number of ether oxygens (including phenoxy) is 2. The second kappa shape index (κ2) is 7.21. The van der Waals surface area contributed by atoms with Gasteiger partial charge in [-0.05, 0) is 30.7 Å². The first-order valence-electron chi connectivity index (χ1n) is 7.86. The van der Waals surface area contributed by atoms with E-state index in [1.807, 2.05) is 19.1 Å². The van der Waals surface area contributed by atoms with Gasteiger partial charge in [0, 0.05) is 18.0 Å². The van der Waals surface area contributed by atoms with Crippen molar-refractivity contribution in [3.8, 4) is 11.9 Å². The number of rotatable bonds is 3. The zero-order valence-corrected chi connectivity index (χ0v) is 14.1. The molecule has 0 radical (unpaired) electrons. The fourth-order valence-corrected chi connectivity index (χ4v) is 2.56. The van der Waals surface area contributed by atoms with Gasteiger partial charge in [0.2, 0.25) is 5.88 Å². The lowest BCUT2D eigenvalue weighted by atomic mass is 9.92. The Morgan fingerprint density at radius 2 is 2.27 bits per heavy atom. The van der Waals surface area contributed by atoms with Gasteiger partial charge in [0.25, 0.3) is 0 Å². The molecule has 1 aromatic heterocycles. The number of carbonyl (C=O) groups excluding carboxylic acids is 1. The smallest absolute Gasteiger partial charge is 0.391 e. The molecule has 132 valence electrons. The van der Waals surface area contributed by atoms with Crippen molar-refractivity contribution in [3.63, 3.8) is 0 Å². The van der Waals surface area contributed by atoms with Crippen LogP contribution in [0.2, 0.25) is 0 Å². The number of amides is 1. The van der Waals surface area contributed by atoms with Crippen LogP contribution in [0.5, 0.6) is 5.88 Å². The van der Waals surface area contributed by atoms with Crippen LogP contribution in [0.25, 0.3) is 0 Å². The van der Waals surface area contributed by atoms with Gasteiger partial charge < -0.3 is 15.2 Å². The summed E-state index contributed by atoms with van der Waals surface area (Å²) in [5, 5.41) is 11.4. The Hall–Kier alpha value is -3.44. The molecule has 1 aromatic carbocycles. The summed E-state index contributed by atoms with van der Waals surface area (Å²) in [5.74, 6) is 0.533. The molecule has 8 heteroatoms. The number of amidine groups is 1. The minimum absolute atomic E-state index is 0.0997. The number of hydrogen-bond acceptors (Lipinski definition) is 7. The first-order chi connectivity index (χ1) is 12.5. The van der Waals surface area contributed by atoms with Crippen molar-refractivity contribution >= 4 is 17.6 Å². The Morgan fingerprint density at radius 3 is 2.96 bits per heavy atom. The van der Waals surface area contributed by atoms with E-state index in [0.717, 1.165) is 5.56 Å². The van der Waals surface area contributed by atoms with Crippen molar-refractivity contribution in [1.82, 2.24) is 4.98 Å². The maximum atomic E-state index is 12.0. The molecule has 2 heterocycles. The summed E-state index contributed by atoms with van der Waals surface area (Å²) in [5.41, 5.74) is 6.95. The van der Waals surface area contributed by atoms with Crippen molar-refractivity contribution in [2.24, 2.45) is 10.7 Å². The molecule has 1 unspecified atom stereocenters. The van der Waals surface area contributed by atoms with Crippen molar-refractivity contribution in [1.29, 1.82) is 5.26 Å². The number of nitrogens with zero attached hydrogens (tertiary/aromatic N) is 3. The summed E-state index contributed by atoms with van der Waals surface area (Å²) >= 11 is 0. The van der Waals surface area contributed by atoms with Crippen LogP contribution in [0.4, 0.5) is 10.5 Å². The van der Waals surface area contributed by atoms with Crippen LogP contribution >= 0.6 is 0 Å². The minimum atomic E-state index is -0.688. The van der Waals surface area contributed by atoms with E-state index in [1.54, 1.807) is 18.2 Å². The predicted molar refractivity (Wildman–Crippen MR) is 94.8 cm³/mol. The average Bonchev–Trinajstić information content (AvgIpc) is 2.62. The highest BCUT2D eigenvalue weighted by atomic mass is 16.6. The third-order valence-corrected chi connectivity index (χ3v) is 3.82. The van der Waals surface area contributed by atoms with Gasteiger partial charge in [-0.1, -0.05) is 12.1 Å². The molecule has 26 heavy (non-hydrogen) atoms. The fourth-order valence-electron chi connectivity index (χ4n) is 2.56. The SMILES string of the molecule is CC1(c2cccc(NC(=O)Oc3ccc(C#N)cn3)c2)COCC(N)=N1. The van der Waals surface area contributed by atoms with Crippen molar-refractivity contribution in [3.05, 3.63) is 53.7 Å². The molecule has 1 aliphatic rings. The van der Waals surface area contributed by atoms with Crippen LogP contribution in [0, 0.1) is 11.3 Å². The molecule has 0 bridgehead atoms. The Morgan fingerprint density at radius 1 is 1.42 bits per heavy atom. The molecule has 0 saturated carbocycles. The number of nitrogens with one attached hydrogen (secondary N) is 1. The number of carbonyl (C=O) groups is 1. The third kappa shape index (κ3) is 3.96. The third-order valence-electron chi connectivity index (χ3n) is 3.82. The number of anilines is 1. The zero-order valence-electron chi connectivity index (χ0n) is 14.1. The number of aromatic nitrogens is 1. The molecule has 3 rings (SSSR count). The lowest BCUT2D eigenvalue weighted by molar-refractivity contribution is 0.106. The monoisotopic (exact) mass is 351 g/mol. The Kier molecular flexibility index (Phi) is 4.82. The molecule has 1 atom stereocenters. The maximum absolute atomic E-state index is 12.0. The van der Waals surface area contributed by atoms with Gasteiger partial charge in [0.1, 0.15) is 24.1 Å². The highest BCUT2D eigenvalue weighted by Gasteiger charge is 2.30. The molecular weight excluding hydrogens is 334 g/mol. The van der Waals surface area contributed by atoms with Gasteiger partial charge in [-0.3, -0.25) is 10.3 Å². The van der Waals surface area contributed by atoms with E-state index in [0.29, 0.717) is 30.3 Å². The standard InChI is InChI=1S/C18H17N5O3/c1-18(11-25-10-15(20)23-18)13-3-2-4-14(7-13)22-17(24)26-16-6-5-12(8-19)9-21-16/h2-7,9H,10-11H2,1H3,(H2,20,23)(H,22,24). The topological polar surface area (TPSA) is 123 Å². The van der Waals surface area contributed by atoms with Crippen LogP contribution in [-0.4, -0.2) is 30.1 Å². The Balaban J connectivity index is 1.71. The molecule has 0 aliphatic carbocycles. The van der Waals surface area contributed by atoms with E-state index in [2.05, 4.69) is 15.3 Å². The van der Waals surface area contributed by atoms with E-state index in [4.69, 9.17) is 20.5 Å². The normalized spacial score (nSPS) is 19.2. The molecule has 1 aliphatic heterocycles. The molecule has 1 amide bonds. The summed E-state index contributed by atoms with van der Waals surface area (Å²) in [4.78, 5) is 20.4. The summed E-state index contributed by atoms with van der Waals surface area (Å²) in [6.07, 6.45) is 0.641. The maximum Gasteiger partial charge on any atom is 0.418 e. The van der Waals surface area contributed by atoms with E-state index in [9.17, 15) is 4.79 Å². The number of nitriles is 1. The van der Waals surface area contributed by atoms with Crippen LogP contribution in [0.3, 0.4) is 0 Å². The number of benzene rings is 1. The minimum Gasteiger partial charge on any atom is -0.391 e. The van der Waals surface area contributed by atoms with Gasteiger partial charge in [0.05, 0.1) is 12.2 Å². The van der Waals surface area contributed by atoms with Crippen LogP contribution < -0.4 is 15.8 Å². The van der Waals surface area contributed by atoms with Crippen LogP contribution in [0.1, 0.15) is 18.1 Å². The number of pyridine rings is 1. The highest BCUT2D eigenvalue weighted by molar-refractivity contribution is 5.86. The van der Waals surface area contributed by atoms with Gasteiger partial charge in [-0.15, -0.1) is 0 Å². The van der Waals surface area contributed by atoms with E-state index in [-0.39, 0.29) is 5.88 Å². The Labute approximate surface area is 150 Å². The first kappa shape index (κ1) is 17.4. The van der Waals surface area contributed by atoms with E-state index >= 15 is 0 Å². The van der Waals surface area contributed by atoms with E-state index in [1.165, 1.54) is 18.3 Å². The molecule has 0 spiro atoms. The second-order valence-corrected chi connectivity index (χ2v) is 5.96. The summed E-state index contributed by atoms with van der Waals surface area (Å²) in [6.45, 7) is 2.63. The van der Waals surface area contributed by atoms with Gasteiger partial charge >= 0.3 is 6.09 Å². The molecule has 8 nitrogen and oxygen atoms in total. The number of nitrogens with two attached hydrogens (primary N) is 1. The largest absolute Gasteiger partial charge is 0.418 e. The quantitative estimate of drug-likeness (QED) is 0.873. The predicted octanol–water partition coefficient (Wildman–Crippen LogP) is 2.17. The lowest BCUT2D eigenvalue weighted by Gasteiger charge is -2.30. The molecule has 2 aromatic rings. The van der Waals surface area contributed by atoms with Crippen LogP contribution in [0.15, 0.2) is 47.6 Å². The lowest BCUT2D eigenvalue weighted by Crippen LogP contribution is -2.37. The molecule has 3 N–H and O–H groups in total. The van der Waals surface area contributed by atoms with Gasteiger partial charge in [-0.25, -0.2) is 9.78 Å². The zero-order chi connectivity index (χ0) is 18.6. The molecule has 0 saturated heterocycles. The summed E-state index contributed by atoms with van der Waals surface area (Å²) < 4.78 is 10.6. The van der Waals surface area contributed by atoms with E-state index < -0.39 is 11.6 Å². The summed E-state index contributed by atoms with van der Waals surface area (Å²) in [6, 6.07) is 12.1. The van der Waals surface area contributed by atoms with Crippen molar-refractivity contribution < 1.29 is 14.3 Å². The highest BCUT2D eigenvalue weighted by Crippen LogP contribution is 2.29.